The third kappa shape index (κ3) is 5.55. The number of carbonyl (C=O) groups is 2. The Morgan fingerprint density at radius 2 is 1.57 bits per heavy atom. The van der Waals surface area contributed by atoms with Crippen molar-refractivity contribution in [2.45, 2.75) is 13.8 Å². The molecule has 116 valence electrons. The summed E-state index contributed by atoms with van der Waals surface area (Å²) in [5.41, 5.74) is 0.717. The van der Waals surface area contributed by atoms with E-state index in [0.29, 0.717) is 24.6 Å². The van der Waals surface area contributed by atoms with Crippen LogP contribution in [0, 0.1) is 5.92 Å². The van der Waals surface area contributed by atoms with Crippen LogP contribution in [0.3, 0.4) is 0 Å². The summed E-state index contributed by atoms with van der Waals surface area (Å²) in [6.07, 6.45) is 0. The second kappa shape index (κ2) is 7.78. The minimum atomic E-state index is -0.986. The van der Waals surface area contributed by atoms with E-state index >= 15 is 0 Å². The van der Waals surface area contributed by atoms with E-state index in [1.54, 1.807) is 12.1 Å². The highest BCUT2D eigenvalue weighted by Gasteiger charge is 2.17. The maximum atomic E-state index is 12.5. The largest absolute Gasteiger partial charge is 0.478 e. The highest BCUT2D eigenvalue weighted by Crippen LogP contribution is 2.10. The molecule has 0 bridgehead atoms. The van der Waals surface area contributed by atoms with E-state index in [1.807, 2.05) is 23.9 Å². The molecule has 1 aromatic carbocycles. The second-order valence-electron chi connectivity index (χ2n) is 5.83. The van der Waals surface area contributed by atoms with Crippen LogP contribution in [0.4, 0.5) is 0 Å². The van der Waals surface area contributed by atoms with Crippen molar-refractivity contribution < 1.29 is 14.7 Å². The summed E-state index contributed by atoms with van der Waals surface area (Å²) < 4.78 is 0. The average Bonchev–Trinajstić information content (AvgIpc) is 2.42. The van der Waals surface area contributed by atoms with Crippen molar-refractivity contribution in [3.8, 4) is 0 Å². The van der Waals surface area contributed by atoms with Crippen molar-refractivity contribution in [3.63, 3.8) is 0 Å². The summed E-state index contributed by atoms with van der Waals surface area (Å²) in [6, 6.07) is 6.09. The molecular formula is C16H24N2O3. The lowest BCUT2D eigenvalue weighted by Crippen LogP contribution is -2.39. The van der Waals surface area contributed by atoms with Crippen LogP contribution in [-0.4, -0.2) is 60.5 Å². The smallest absolute Gasteiger partial charge is 0.335 e. The lowest BCUT2D eigenvalue weighted by atomic mass is 10.1. The standard InChI is InChI=1S/C16H24N2O3/c1-12(2)11-18(10-9-17(3)4)15(19)13-5-7-14(8-6-13)16(20)21/h5-8,12H,9-11H2,1-4H3,(H,20,21). The zero-order valence-electron chi connectivity index (χ0n) is 13.2. The Hall–Kier alpha value is -1.88. The van der Waals surface area contributed by atoms with Gasteiger partial charge in [0.15, 0.2) is 0 Å². The fourth-order valence-electron chi connectivity index (χ4n) is 1.98. The summed E-state index contributed by atoms with van der Waals surface area (Å²) in [5.74, 6) is -0.655. The molecule has 0 saturated heterocycles. The summed E-state index contributed by atoms with van der Waals surface area (Å²) in [4.78, 5) is 27.2. The van der Waals surface area contributed by atoms with Gasteiger partial charge in [-0.3, -0.25) is 4.79 Å². The van der Waals surface area contributed by atoms with E-state index < -0.39 is 5.97 Å². The van der Waals surface area contributed by atoms with Gasteiger partial charge in [-0.1, -0.05) is 13.8 Å². The molecule has 0 aromatic heterocycles. The number of benzene rings is 1. The molecule has 1 aromatic rings. The van der Waals surface area contributed by atoms with Crippen molar-refractivity contribution in [3.05, 3.63) is 35.4 Å². The van der Waals surface area contributed by atoms with Crippen molar-refractivity contribution in [1.29, 1.82) is 0 Å². The van der Waals surface area contributed by atoms with Crippen molar-refractivity contribution in [2.75, 3.05) is 33.7 Å². The number of carboxylic acids is 1. The molecule has 0 aliphatic rings. The van der Waals surface area contributed by atoms with Crippen LogP contribution in [0.1, 0.15) is 34.6 Å². The molecule has 5 nitrogen and oxygen atoms in total. The van der Waals surface area contributed by atoms with Crippen LogP contribution in [0.15, 0.2) is 24.3 Å². The van der Waals surface area contributed by atoms with Crippen molar-refractivity contribution >= 4 is 11.9 Å². The van der Waals surface area contributed by atoms with Gasteiger partial charge in [0.1, 0.15) is 0 Å². The van der Waals surface area contributed by atoms with E-state index in [0.717, 1.165) is 6.54 Å². The Labute approximate surface area is 126 Å². The second-order valence-corrected chi connectivity index (χ2v) is 5.83. The minimum Gasteiger partial charge on any atom is -0.478 e. The Balaban J connectivity index is 2.85. The fourth-order valence-corrected chi connectivity index (χ4v) is 1.98. The van der Waals surface area contributed by atoms with Crippen LogP contribution >= 0.6 is 0 Å². The number of rotatable bonds is 7. The molecule has 0 aliphatic carbocycles. The zero-order valence-corrected chi connectivity index (χ0v) is 13.2. The SMILES string of the molecule is CC(C)CN(CCN(C)C)C(=O)c1ccc(C(=O)O)cc1. The normalized spacial score (nSPS) is 11.0. The molecule has 0 aliphatic heterocycles. The summed E-state index contributed by atoms with van der Waals surface area (Å²) in [6.45, 7) is 6.29. The van der Waals surface area contributed by atoms with Gasteiger partial charge >= 0.3 is 5.97 Å². The van der Waals surface area contributed by atoms with Gasteiger partial charge < -0.3 is 14.9 Å². The molecule has 0 atom stereocenters. The first-order valence-electron chi connectivity index (χ1n) is 7.08. The van der Waals surface area contributed by atoms with Crippen LogP contribution in [-0.2, 0) is 0 Å². The Morgan fingerprint density at radius 1 is 1.05 bits per heavy atom. The molecule has 21 heavy (non-hydrogen) atoms. The summed E-state index contributed by atoms with van der Waals surface area (Å²) in [5, 5.41) is 8.89. The van der Waals surface area contributed by atoms with Crippen molar-refractivity contribution in [1.82, 2.24) is 9.80 Å². The first kappa shape index (κ1) is 17.2. The number of aromatic carboxylic acids is 1. The molecule has 0 saturated carbocycles. The molecule has 0 unspecified atom stereocenters. The minimum absolute atomic E-state index is 0.0533. The Morgan fingerprint density at radius 3 is 2.00 bits per heavy atom. The molecule has 0 spiro atoms. The first-order chi connectivity index (χ1) is 9.81. The number of amides is 1. The zero-order chi connectivity index (χ0) is 16.0. The van der Waals surface area contributed by atoms with Gasteiger partial charge in [-0.2, -0.15) is 0 Å². The van der Waals surface area contributed by atoms with Gasteiger partial charge in [0.2, 0.25) is 0 Å². The lowest BCUT2D eigenvalue weighted by molar-refractivity contribution is 0.0691. The van der Waals surface area contributed by atoms with E-state index in [2.05, 4.69) is 13.8 Å². The number of nitrogens with zero attached hydrogens (tertiary/aromatic N) is 2. The van der Waals surface area contributed by atoms with Gasteiger partial charge in [0, 0.05) is 25.2 Å². The van der Waals surface area contributed by atoms with Gasteiger partial charge in [0.05, 0.1) is 5.56 Å². The van der Waals surface area contributed by atoms with Crippen LogP contribution < -0.4 is 0 Å². The van der Waals surface area contributed by atoms with Gasteiger partial charge in [-0.05, 0) is 44.3 Å². The first-order valence-corrected chi connectivity index (χ1v) is 7.08. The molecular weight excluding hydrogens is 268 g/mol. The van der Waals surface area contributed by atoms with Crippen LogP contribution in [0.25, 0.3) is 0 Å². The molecule has 0 fully saturated rings. The maximum absolute atomic E-state index is 12.5. The van der Waals surface area contributed by atoms with E-state index in [4.69, 9.17) is 5.11 Å². The monoisotopic (exact) mass is 292 g/mol. The summed E-state index contributed by atoms with van der Waals surface area (Å²) in [7, 11) is 3.94. The fraction of sp³-hybridized carbons (Fsp3) is 0.500. The average molecular weight is 292 g/mol. The maximum Gasteiger partial charge on any atom is 0.335 e. The molecule has 0 heterocycles. The highest BCUT2D eigenvalue weighted by molar-refractivity contribution is 5.95. The Bertz CT molecular complexity index is 481. The van der Waals surface area contributed by atoms with E-state index in [1.165, 1.54) is 12.1 Å². The van der Waals surface area contributed by atoms with Gasteiger partial charge in [-0.25, -0.2) is 4.79 Å². The molecule has 1 amide bonds. The van der Waals surface area contributed by atoms with E-state index in [9.17, 15) is 9.59 Å². The lowest BCUT2D eigenvalue weighted by Gasteiger charge is -2.26. The topological polar surface area (TPSA) is 60.9 Å². The molecule has 1 N–H and O–H groups in total. The molecule has 5 heteroatoms. The number of hydrogen-bond acceptors (Lipinski definition) is 3. The van der Waals surface area contributed by atoms with Crippen LogP contribution in [0.2, 0.25) is 0 Å². The van der Waals surface area contributed by atoms with Gasteiger partial charge in [0.25, 0.3) is 5.91 Å². The number of carbonyl (C=O) groups excluding carboxylic acids is 1. The third-order valence-electron chi connectivity index (χ3n) is 3.07. The van der Waals surface area contributed by atoms with Gasteiger partial charge in [-0.15, -0.1) is 0 Å². The predicted molar refractivity (Wildman–Crippen MR) is 82.7 cm³/mol. The molecule has 0 radical (unpaired) electrons. The van der Waals surface area contributed by atoms with E-state index in [-0.39, 0.29) is 11.5 Å². The number of carboxylic acid groups (broad SMARTS) is 1. The molecule has 1 rings (SSSR count). The number of likely N-dealkylation sites (N-methyl/N-ethyl adjacent to an activating group) is 1. The van der Waals surface area contributed by atoms with Crippen LogP contribution in [0.5, 0.6) is 0 Å². The number of hydrogen-bond donors (Lipinski definition) is 1. The Kier molecular flexibility index (Phi) is 6.37. The predicted octanol–water partition coefficient (Wildman–Crippen LogP) is 2.04. The quantitative estimate of drug-likeness (QED) is 0.835. The third-order valence-corrected chi connectivity index (χ3v) is 3.07. The highest BCUT2D eigenvalue weighted by atomic mass is 16.4. The van der Waals surface area contributed by atoms with Crippen molar-refractivity contribution in [2.24, 2.45) is 5.92 Å². The summed E-state index contributed by atoms with van der Waals surface area (Å²) >= 11 is 0.